The van der Waals surface area contributed by atoms with Crippen molar-refractivity contribution in [3.05, 3.63) is 59.5 Å². The zero-order valence-electron chi connectivity index (χ0n) is 16.3. The molecule has 1 fully saturated rings. The van der Waals surface area contributed by atoms with E-state index in [0.717, 1.165) is 24.9 Å². The number of carbonyl (C=O) groups is 1. The van der Waals surface area contributed by atoms with Crippen LogP contribution in [0, 0.1) is 11.7 Å². The number of halogens is 4. The van der Waals surface area contributed by atoms with E-state index in [1.807, 2.05) is 6.07 Å². The van der Waals surface area contributed by atoms with Gasteiger partial charge >= 0.3 is 6.18 Å². The van der Waals surface area contributed by atoms with Crippen molar-refractivity contribution in [2.24, 2.45) is 5.92 Å². The first-order valence-corrected chi connectivity index (χ1v) is 9.67. The Morgan fingerprint density at radius 1 is 1.23 bits per heavy atom. The molecule has 0 radical (unpaired) electrons. The van der Waals surface area contributed by atoms with Crippen LogP contribution >= 0.6 is 0 Å². The molecular weight excluding hydrogens is 402 g/mol. The monoisotopic (exact) mass is 425 g/mol. The van der Waals surface area contributed by atoms with Gasteiger partial charge in [0.1, 0.15) is 5.82 Å². The number of carbonyl (C=O) groups excluding carboxylic acids is 1. The predicted octanol–water partition coefficient (Wildman–Crippen LogP) is 3.69. The van der Waals surface area contributed by atoms with E-state index in [1.54, 1.807) is 12.1 Å². The molecule has 0 aliphatic carbocycles. The molecule has 2 heterocycles. The van der Waals surface area contributed by atoms with Gasteiger partial charge in [0.15, 0.2) is 6.61 Å². The standard InChI is InChI=1S/C21H23F4N3O2/c22-18-5-1-3-16(9-18)12-28-8-2-4-17(13-28)20(29)27-11-15-6-7-26-19(10-15)30-14-21(23,24)25/h1,3,5-7,9-10,17H,2,4,8,11-14H2,(H,27,29). The lowest BCUT2D eigenvalue weighted by Gasteiger charge is -2.32. The predicted molar refractivity (Wildman–Crippen MR) is 102 cm³/mol. The third kappa shape index (κ3) is 6.98. The van der Waals surface area contributed by atoms with Crippen molar-refractivity contribution in [3.63, 3.8) is 0 Å². The molecule has 0 bridgehead atoms. The molecule has 30 heavy (non-hydrogen) atoms. The summed E-state index contributed by atoms with van der Waals surface area (Å²) in [5.41, 5.74) is 1.46. The fraction of sp³-hybridized carbons (Fsp3) is 0.429. The first kappa shape index (κ1) is 22.0. The Bertz CT molecular complexity index is 860. The summed E-state index contributed by atoms with van der Waals surface area (Å²) in [6, 6.07) is 9.40. The maximum atomic E-state index is 13.4. The third-order valence-electron chi connectivity index (χ3n) is 4.82. The second-order valence-electron chi connectivity index (χ2n) is 7.33. The van der Waals surface area contributed by atoms with E-state index < -0.39 is 12.8 Å². The van der Waals surface area contributed by atoms with Crippen LogP contribution in [0.2, 0.25) is 0 Å². The van der Waals surface area contributed by atoms with Crippen LogP contribution in [-0.4, -0.2) is 41.7 Å². The molecule has 3 rings (SSSR count). The highest BCUT2D eigenvalue weighted by Crippen LogP contribution is 2.20. The number of piperidine rings is 1. The average molecular weight is 425 g/mol. The van der Waals surface area contributed by atoms with Crippen LogP contribution in [-0.2, 0) is 17.9 Å². The molecule has 0 saturated carbocycles. The molecular formula is C21H23F4N3O2. The topological polar surface area (TPSA) is 54.5 Å². The second kappa shape index (κ2) is 9.88. The number of hydrogen-bond acceptors (Lipinski definition) is 4. The first-order valence-electron chi connectivity index (χ1n) is 9.67. The lowest BCUT2D eigenvalue weighted by Crippen LogP contribution is -2.42. The molecule has 1 aliphatic heterocycles. The fourth-order valence-corrected chi connectivity index (χ4v) is 3.44. The molecule has 1 N–H and O–H groups in total. The Labute approximate surface area is 172 Å². The van der Waals surface area contributed by atoms with Gasteiger partial charge in [-0.15, -0.1) is 0 Å². The number of nitrogens with zero attached hydrogens (tertiary/aromatic N) is 2. The normalized spacial score (nSPS) is 17.5. The van der Waals surface area contributed by atoms with Crippen molar-refractivity contribution in [1.29, 1.82) is 0 Å². The molecule has 9 heteroatoms. The molecule has 1 aromatic carbocycles. The molecule has 5 nitrogen and oxygen atoms in total. The number of benzene rings is 1. The number of hydrogen-bond donors (Lipinski definition) is 1. The lowest BCUT2D eigenvalue weighted by atomic mass is 9.96. The summed E-state index contributed by atoms with van der Waals surface area (Å²) in [5, 5.41) is 2.83. The van der Waals surface area contributed by atoms with Gasteiger partial charge in [0.25, 0.3) is 0 Å². The van der Waals surface area contributed by atoms with Gasteiger partial charge in [-0.3, -0.25) is 9.69 Å². The van der Waals surface area contributed by atoms with Crippen molar-refractivity contribution < 1.29 is 27.1 Å². The summed E-state index contributed by atoms with van der Waals surface area (Å²) < 4.78 is 54.8. The summed E-state index contributed by atoms with van der Waals surface area (Å²) in [7, 11) is 0. The quantitative estimate of drug-likeness (QED) is 0.688. The molecule has 2 aromatic rings. The van der Waals surface area contributed by atoms with Crippen molar-refractivity contribution in [2.75, 3.05) is 19.7 Å². The van der Waals surface area contributed by atoms with Gasteiger partial charge in [0.05, 0.1) is 5.92 Å². The molecule has 1 saturated heterocycles. The van der Waals surface area contributed by atoms with E-state index in [4.69, 9.17) is 0 Å². The summed E-state index contributed by atoms with van der Waals surface area (Å²) >= 11 is 0. The van der Waals surface area contributed by atoms with Crippen molar-refractivity contribution >= 4 is 5.91 Å². The van der Waals surface area contributed by atoms with Crippen molar-refractivity contribution in [2.45, 2.75) is 32.1 Å². The van der Waals surface area contributed by atoms with Crippen LogP contribution in [0.15, 0.2) is 42.6 Å². The van der Waals surface area contributed by atoms with Crippen molar-refractivity contribution in [3.8, 4) is 5.88 Å². The SMILES string of the molecule is O=C(NCc1ccnc(OCC(F)(F)F)c1)C1CCCN(Cc2cccc(F)c2)C1. The van der Waals surface area contributed by atoms with Gasteiger partial charge in [0.2, 0.25) is 11.8 Å². The second-order valence-corrected chi connectivity index (χ2v) is 7.33. The van der Waals surface area contributed by atoms with Crippen molar-refractivity contribution in [1.82, 2.24) is 15.2 Å². The molecule has 1 aliphatic rings. The number of aromatic nitrogens is 1. The summed E-state index contributed by atoms with van der Waals surface area (Å²) in [4.78, 5) is 18.4. The molecule has 1 aromatic heterocycles. The molecule has 1 amide bonds. The highest BCUT2D eigenvalue weighted by atomic mass is 19.4. The molecule has 1 atom stereocenters. The molecule has 0 spiro atoms. The van der Waals surface area contributed by atoms with Crippen LogP contribution in [0.1, 0.15) is 24.0 Å². The Morgan fingerprint density at radius 3 is 2.83 bits per heavy atom. The highest BCUT2D eigenvalue weighted by molar-refractivity contribution is 5.79. The van der Waals surface area contributed by atoms with Crippen LogP contribution in [0.25, 0.3) is 0 Å². The lowest BCUT2D eigenvalue weighted by molar-refractivity contribution is -0.154. The Hall–Kier alpha value is -2.68. The van der Waals surface area contributed by atoms with E-state index in [2.05, 4.69) is 19.9 Å². The van der Waals surface area contributed by atoms with Gasteiger partial charge in [-0.05, 0) is 48.7 Å². The highest BCUT2D eigenvalue weighted by Gasteiger charge is 2.29. The number of pyridine rings is 1. The number of ether oxygens (including phenoxy) is 1. The van der Waals surface area contributed by atoms with Crippen LogP contribution < -0.4 is 10.1 Å². The van der Waals surface area contributed by atoms with Gasteiger partial charge in [0, 0.05) is 31.9 Å². The van der Waals surface area contributed by atoms with Gasteiger partial charge in [-0.1, -0.05) is 12.1 Å². The number of likely N-dealkylation sites (tertiary alicyclic amines) is 1. The molecule has 162 valence electrons. The zero-order valence-corrected chi connectivity index (χ0v) is 16.3. The number of nitrogens with one attached hydrogen (secondary N) is 1. The van der Waals surface area contributed by atoms with Gasteiger partial charge in [-0.2, -0.15) is 13.2 Å². The fourth-order valence-electron chi connectivity index (χ4n) is 3.44. The Kier molecular flexibility index (Phi) is 7.25. The molecule has 1 unspecified atom stereocenters. The van der Waals surface area contributed by atoms with E-state index in [0.29, 0.717) is 18.7 Å². The minimum absolute atomic E-state index is 0.117. The summed E-state index contributed by atoms with van der Waals surface area (Å²) in [6.07, 6.45) is -1.49. The minimum atomic E-state index is -4.44. The van der Waals surface area contributed by atoms with Crippen LogP contribution in [0.3, 0.4) is 0 Å². The van der Waals surface area contributed by atoms with Crippen LogP contribution in [0.4, 0.5) is 17.6 Å². The van der Waals surface area contributed by atoms with Gasteiger partial charge in [-0.25, -0.2) is 9.37 Å². The largest absolute Gasteiger partial charge is 0.468 e. The third-order valence-corrected chi connectivity index (χ3v) is 4.82. The maximum Gasteiger partial charge on any atom is 0.422 e. The Balaban J connectivity index is 1.49. The van der Waals surface area contributed by atoms with Gasteiger partial charge < -0.3 is 10.1 Å². The number of alkyl halides is 3. The summed E-state index contributed by atoms with van der Waals surface area (Å²) in [6.45, 7) is 0.734. The minimum Gasteiger partial charge on any atom is -0.468 e. The van der Waals surface area contributed by atoms with E-state index in [-0.39, 0.29) is 30.1 Å². The van der Waals surface area contributed by atoms with Crippen LogP contribution in [0.5, 0.6) is 5.88 Å². The maximum absolute atomic E-state index is 13.4. The summed E-state index contributed by atoms with van der Waals surface area (Å²) in [5.74, 6) is -0.739. The Morgan fingerprint density at radius 2 is 2.07 bits per heavy atom. The first-order chi connectivity index (χ1) is 14.3. The number of rotatable bonds is 7. The smallest absolute Gasteiger partial charge is 0.422 e. The zero-order chi connectivity index (χ0) is 21.6. The van der Waals surface area contributed by atoms with E-state index >= 15 is 0 Å². The van der Waals surface area contributed by atoms with E-state index in [1.165, 1.54) is 24.4 Å². The number of amides is 1. The average Bonchev–Trinajstić information content (AvgIpc) is 2.70. The van der Waals surface area contributed by atoms with E-state index in [9.17, 15) is 22.4 Å².